The van der Waals surface area contributed by atoms with Gasteiger partial charge in [-0.2, -0.15) is 0 Å². The summed E-state index contributed by atoms with van der Waals surface area (Å²) in [6, 6.07) is 12.7. The van der Waals surface area contributed by atoms with Gasteiger partial charge >= 0.3 is 0 Å². The van der Waals surface area contributed by atoms with Crippen LogP contribution in [0.15, 0.2) is 73.7 Å². The molecule has 0 spiro atoms. The minimum Gasteiger partial charge on any atom is -0.375 e. The summed E-state index contributed by atoms with van der Waals surface area (Å²) in [5.41, 5.74) is 4.09. The molecule has 0 saturated carbocycles. The summed E-state index contributed by atoms with van der Waals surface area (Å²) in [7, 11) is 0. The van der Waals surface area contributed by atoms with E-state index in [2.05, 4.69) is 31.2 Å². The molecule has 4 heterocycles. The van der Waals surface area contributed by atoms with Crippen molar-refractivity contribution >= 4 is 17.2 Å². The highest BCUT2D eigenvalue weighted by Gasteiger charge is 2.32. The van der Waals surface area contributed by atoms with Gasteiger partial charge in [0.1, 0.15) is 17.9 Å². The largest absolute Gasteiger partial charge is 0.375 e. The molecule has 35 heavy (non-hydrogen) atoms. The van der Waals surface area contributed by atoms with Crippen LogP contribution in [0.4, 0.5) is 5.82 Å². The van der Waals surface area contributed by atoms with Crippen molar-refractivity contribution in [2.45, 2.75) is 38.5 Å². The van der Waals surface area contributed by atoms with Gasteiger partial charge in [0.15, 0.2) is 0 Å². The lowest BCUT2D eigenvalue weighted by molar-refractivity contribution is -0.0129. The van der Waals surface area contributed by atoms with Crippen LogP contribution in [0.5, 0.6) is 0 Å². The van der Waals surface area contributed by atoms with Crippen molar-refractivity contribution in [1.29, 1.82) is 0 Å². The third-order valence-electron chi connectivity index (χ3n) is 6.47. The molecule has 3 aromatic heterocycles. The standard InChI is InChI=1S/C27H28N6O2/c1-3-24(34)32-15-7-5-8-21(32)26-31-25(22-17-28-16-18(2)33(22)26)19-10-12-20(13-11-19)27(35)30-23-9-4-6-14-29-23/h3-4,6,9-14,16-17,21,24,34H,1,5,7-8,15H2,2H3,(H,29,30,35)/t21-,24?/m0/s1. The molecule has 0 bridgehead atoms. The number of nitrogens with one attached hydrogen (secondary N) is 1. The minimum absolute atomic E-state index is 0.0393. The number of aromatic nitrogens is 4. The predicted molar refractivity (Wildman–Crippen MR) is 135 cm³/mol. The quantitative estimate of drug-likeness (QED) is 0.408. The highest BCUT2D eigenvalue weighted by molar-refractivity contribution is 6.04. The summed E-state index contributed by atoms with van der Waals surface area (Å²) in [4.78, 5) is 28.3. The third kappa shape index (κ3) is 4.45. The molecule has 2 N–H and O–H groups in total. The van der Waals surface area contributed by atoms with Crippen molar-refractivity contribution in [2.24, 2.45) is 0 Å². The zero-order valence-corrected chi connectivity index (χ0v) is 19.6. The Bertz CT molecular complexity index is 1350. The number of carbonyl (C=O) groups excluding carboxylic acids is 1. The van der Waals surface area contributed by atoms with Gasteiger partial charge < -0.3 is 10.4 Å². The number of aryl methyl sites for hydroxylation is 1. The second-order valence-corrected chi connectivity index (χ2v) is 8.73. The molecule has 2 atom stereocenters. The fraction of sp³-hybridized carbons (Fsp3) is 0.259. The van der Waals surface area contributed by atoms with E-state index in [0.717, 1.165) is 54.1 Å². The zero-order chi connectivity index (χ0) is 24.4. The van der Waals surface area contributed by atoms with E-state index in [0.29, 0.717) is 11.4 Å². The molecule has 178 valence electrons. The maximum atomic E-state index is 12.6. The SMILES string of the molecule is C=CC(O)N1CCCC[C@H]1c1nc(-c2ccc(C(=O)Nc3ccccn3)cc2)c2cncc(C)n12. The number of amides is 1. The number of nitrogens with zero attached hydrogens (tertiary/aromatic N) is 5. The second kappa shape index (κ2) is 9.77. The van der Waals surface area contributed by atoms with Crippen molar-refractivity contribution in [1.82, 2.24) is 24.3 Å². The summed E-state index contributed by atoms with van der Waals surface area (Å²) in [5, 5.41) is 13.4. The number of rotatable bonds is 6. The van der Waals surface area contributed by atoms with Crippen LogP contribution in [0.1, 0.15) is 47.2 Å². The number of aliphatic hydroxyl groups excluding tert-OH is 1. The number of imidazole rings is 1. The van der Waals surface area contributed by atoms with E-state index in [4.69, 9.17) is 4.98 Å². The topological polar surface area (TPSA) is 95.6 Å². The molecule has 1 fully saturated rings. The number of fused-ring (bicyclic) bond motifs is 1. The second-order valence-electron chi connectivity index (χ2n) is 8.73. The van der Waals surface area contributed by atoms with E-state index in [9.17, 15) is 9.90 Å². The Balaban J connectivity index is 1.51. The fourth-order valence-corrected chi connectivity index (χ4v) is 4.74. The smallest absolute Gasteiger partial charge is 0.256 e. The molecule has 1 amide bonds. The summed E-state index contributed by atoms with van der Waals surface area (Å²) >= 11 is 0. The Morgan fingerprint density at radius 3 is 2.77 bits per heavy atom. The average molecular weight is 469 g/mol. The van der Waals surface area contributed by atoms with Crippen molar-refractivity contribution in [3.63, 3.8) is 0 Å². The van der Waals surface area contributed by atoms with Crippen LogP contribution in [0.3, 0.4) is 0 Å². The van der Waals surface area contributed by atoms with Crippen LogP contribution in [0.25, 0.3) is 16.8 Å². The van der Waals surface area contributed by atoms with E-state index in [1.165, 1.54) is 0 Å². The number of likely N-dealkylation sites (tertiary alicyclic amines) is 1. The Labute approximate surface area is 204 Å². The highest BCUT2D eigenvalue weighted by atomic mass is 16.3. The summed E-state index contributed by atoms with van der Waals surface area (Å²) in [6.45, 7) is 6.57. The van der Waals surface area contributed by atoms with Crippen LogP contribution in [0, 0.1) is 6.92 Å². The number of anilines is 1. The Morgan fingerprint density at radius 1 is 1.20 bits per heavy atom. The molecule has 8 nitrogen and oxygen atoms in total. The number of benzene rings is 1. The van der Waals surface area contributed by atoms with Gasteiger partial charge in [-0.3, -0.25) is 19.1 Å². The summed E-state index contributed by atoms with van der Waals surface area (Å²) in [5.74, 6) is 1.17. The van der Waals surface area contributed by atoms with Gasteiger partial charge in [0.05, 0.1) is 23.4 Å². The van der Waals surface area contributed by atoms with Gasteiger partial charge in [-0.15, -0.1) is 0 Å². The first-order valence-corrected chi connectivity index (χ1v) is 11.8. The lowest BCUT2D eigenvalue weighted by Gasteiger charge is -2.37. The first-order valence-electron chi connectivity index (χ1n) is 11.8. The van der Waals surface area contributed by atoms with Crippen molar-refractivity contribution in [3.05, 3.63) is 90.8 Å². The molecular weight excluding hydrogens is 440 g/mol. The monoisotopic (exact) mass is 468 g/mol. The molecular formula is C27H28N6O2. The number of piperidine rings is 1. The summed E-state index contributed by atoms with van der Waals surface area (Å²) < 4.78 is 2.13. The fourth-order valence-electron chi connectivity index (χ4n) is 4.74. The van der Waals surface area contributed by atoms with Gasteiger partial charge in [-0.25, -0.2) is 9.97 Å². The first kappa shape index (κ1) is 22.9. The first-order chi connectivity index (χ1) is 17.1. The average Bonchev–Trinajstić information content (AvgIpc) is 3.30. The minimum atomic E-state index is -0.727. The Kier molecular flexibility index (Phi) is 6.39. The van der Waals surface area contributed by atoms with Gasteiger partial charge in [-0.05, 0) is 50.1 Å². The van der Waals surface area contributed by atoms with Crippen molar-refractivity contribution in [2.75, 3.05) is 11.9 Å². The van der Waals surface area contributed by atoms with Gasteiger partial charge in [0.2, 0.25) is 0 Å². The Hall–Kier alpha value is -3.88. The van der Waals surface area contributed by atoms with E-state index in [1.807, 2.05) is 37.5 Å². The van der Waals surface area contributed by atoms with E-state index >= 15 is 0 Å². The lowest BCUT2D eigenvalue weighted by Crippen LogP contribution is -2.41. The Morgan fingerprint density at radius 2 is 2.03 bits per heavy atom. The molecule has 1 aliphatic rings. The van der Waals surface area contributed by atoms with E-state index in [-0.39, 0.29) is 11.9 Å². The van der Waals surface area contributed by atoms with Gasteiger partial charge in [0, 0.05) is 35.8 Å². The van der Waals surface area contributed by atoms with Crippen LogP contribution in [-0.4, -0.2) is 48.0 Å². The molecule has 0 radical (unpaired) electrons. The van der Waals surface area contributed by atoms with E-state index in [1.54, 1.807) is 36.5 Å². The van der Waals surface area contributed by atoms with Gasteiger partial charge in [0.25, 0.3) is 5.91 Å². The zero-order valence-electron chi connectivity index (χ0n) is 19.6. The number of aliphatic hydroxyl groups is 1. The van der Waals surface area contributed by atoms with Crippen molar-refractivity contribution in [3.8, 4) is 11.3 Å². The third-order valence-corrected chi connectivity index (χ3v) is 6.47. The van der Waals surface area contributed by atoms with Crippen LogP contribution < -0.4 is 5.32 Å². The number of hydrogen-bond donors (Lipinski definition) is 2. The number of hydrogen-bond acceptors (Lipinski definition) is 6. The molecule has 5 rings (SSSR count). The molecule has 4 aromatic rings. The molecule has 1 aliphatic heterocycles. The normalized spacial score (nSPS) is 17.3. The molecule has 1 saturated heterocycles. The molecule has 1 aromatic carbocycles. The van der Waals surface area contributed by atoms with Crippen LogP contribution in [-0.2, 0) is 0 Å². The number of pyridine rings is 1. The molecule has 1 unspecified atom stereocenters. The summed E-state index contributed by atoms with van der Waals surface area (Å²) in [6.07, 6.45) is 9.12. The van der Waals surface area contributed by atoms with Crippen LogP contribution >= 0.6 is 0 Å². The van der Waals surface area contributed by atoms with E-state index < -0.39 is 6.23 Å². The molecule has 8 heteroatoms. The lowest BCUT2D eigenvalue weighted by atomic mass is 10.0. The van der Waals surface area contributed by atoms with Crippen LogP contribution in [0.2, 0.25) is 0 Å². The maximum Gasteiger partial charge on any atom is 0.256 e. The predicted octanol–water partition coefficient (Wildman–Crippen LogP) is 4.38. The highest BCUT2D eigenvalue weighted by Crippen LogP contribution is 2.35. The maximum absolute atomic E-state index is 12.6. The molecule has 0 aliphatic carbocycles. The van der Waals surface area contributed by atoms with Crippen molar-refractivity contribution < 1.29 is 9.90 Å². The number of carbonyl (C=O) groups is 1. The van der Waals surface area contributed by atoms with Gasteiger partial charge in [-0.1, -0.05) is 31.2 Å².